The monoisotopic (exact) mass is 453 g/mol. The molecular weight excluding hydrogens is 439 g/mol. The molecular formula is C23H14F3N3O2S. The Balaban J connectivity index is 1.59. The maximum absolute atomic E-state index is 13.9. The topological polar surface area (TPSA) is 71.1 Å². The molecule has 0 fully saturated rings. The molecule has 5 nitrogen and oxygen atoms in total. The van der Waals surface area contributed by atoms with Gasteiger partial charge in [-0.15, -0.1) is 0 Å². The molecule has 0 radical (unpaired) electrons. The van der Waals surface area contributed by atoms with Crippen molar-refractivity contribution in [1.29, 1.82) is 0 Å². The molecule has 9 heteroatoms. The third-order valence-corrected chi connectivity index (χ3v) is 6.18. The number of carbonyl (C=O) groups excluding carboxylic acids is 2. The number of aromatic nitrogens is 1. The number of carbonyl (C=O) groups is 2. The molecule has 4 aromatic rings. The van der Waals surface area contributed by atoms with Crippen molar-refractivity contribution >= 4 is 39.1 Å². The average Bonchev–Trinajstić information content (AvgIpc) is 3.35. The average molecular weight is 453 g/mol. The summed E-state index contributed by atoms with van der Waals surface area (Å²) in [6.07, 6.45) is -2.87. The molecule has 2 N–H and O–H groups in total. The first kappa shape index (κ1) is 20.2. The van der Waals surface area contributed by atoms with Crippen LogP contribution in [0.2, 0.25) is 0 Å². The lowest BCUT2D eigenvalue weighted by Crippen LogP contribution is -2.22. The highest BCUT2D eigenvalue weighted by Gasteiger charge is 2.35. The Morgan fingerprint density at radius 1 is 1.09 bits per heavy atom. The van der Waals surface area contributed by atoms with Crippen LogP contribution in [0.4, 0.5) is 18.9 Å². The standard InChI is InChI=1S/C23H14F3N3O2S/c24-11-8-9-12(21(25)26)15(10-11)19-18-14(22(30)28-19)5-3-6-16(18)27-23(31)20-13-4-1-2-7-17(13)32-29-20/h1-10,19,21H,(H,27,31)(H,28,30). The fraction of sp³-hybridized carbons (Fsp3) is 0.0870. The second-order valence-corrected chi connectivity index (χ2v) is 8.03. The maximum atomic E-state index is 13.9. The molecule has 0 saturated carbocycles. The lowest BCUT2D eigenvalue weighted by molar-refractivity contribution is 0.0958. The number of anilines is 1. The Hall–Kier alpha value is -3.72. The van der Waals surface area contributed by atoms with Gasteiger partial charge in [-0.2, -0.15) is 4.37 Å². The molecule has 0 aliphatic carbocycles. The van der Waals surface area contributed by atoms with E-state index < -0.39 is 35.7 Å². The molecule has 2 heterocycles. The van der Waals surface area contributed by atoms with E-state index in [0.717, 1.165) is 22.9 Å². The molecule has 0 saturated heterocycles. The van der Waals surface area contributed by atoms with Gasteiger partial charge in [0.25, 0.3) is 18.2 Å². The molecule has 0 bridgehead atoms. The van der Waals surface area contributed by atoms with Crippen LogP contribution in [-0.2, 0) is 0 Å². The number of amides is 2. The van der Waals surface area contributed by atoms with Gasteiger partial charge < -0.3 is 10.6 Å². The lowest BCUT2D eigenvalue weighted by Gasteiger charge is -2.19. The molecule has 1 aliphatic heterocycles. The van der Waals surface area contributed by atoms with E-state index in [0.29, 0.717) is 10.9 Å². The van der Waals surface area contributed by atoms with Crippen LogP contribution in [0.15, 0.2) is 60.7 Å². The van der Waals surface area contributed by atoms with E-state index in [2.05, 4.69) is 15.0 Å². The lowest BCUT2D eigenvalue weighted by atomic mass is 9.93. The number of nitrogens with zero attached hydrogens (tertiary/aromatic N) is 1. The van der Waals surface area contributed by atoms with Crippen LogP contribution in [0.25, 0.3) is 10.1 Å². The van der Waals surface area contributed by atoms with Crippen molar-refractivity contribution in [3.8, 4) is 0 Å². The van der Waals surface area contributed by atoms with Crippen molar-refractivity contribution in [2.24, 2.45) is 0 Å². The van der Waals surface area contributed by atoms with Crippen molar-refractivity contribution in [2.45, 2.75) is 12.5 Å². The normalized spacial score (nSPS) is 15.1. The summed E-state index contributed by atoms with van der Waals surface area (Å²) in [7, 11) is 0. The SMILES string of the molecule is O=C1NC(c2cc(F)ccc2C(F)F)c2c(NC(=O)c3nsc4ccccc34)cccc21. The Labute approximate surface area is 184 Å². The van der Waals surface area contributed by atoms with Crippen molar-refractivity contribution < 1.29 is 22.8 Å². The zero-order valence-electron chi connectivity index (χ0n) is 16.2. The zero-order chi connectivity index (χ0) is 22.4. The van der Waals surface area contributed by atoms with Gasteiger partial charge in [0, 0.05) is 27.8 Å². The maximum Gasteiger partial charge on any atom is 0.276 e. The Bertz CT molecular complexity index is 1390. The minimum atomic E-state index is -2.87. The number of rotatable bonds is 4. The van der Waals surface area contributed by atoms with Crippen molar-refractivity contribution in [1.82, 2.24) is 9.69 Å². The Morgan fingerprint density at radius 2 is 1.91 bits per heavy atom. The number of fused-ring (bicyclic) bond motifs is 2. The molecule has 1 aromatic heterocycles. The van der Waals surface area contributed by atoms with E-state index in [-0.39, 0.29) is 22.5 Å². The molecule has 160 valence electrons. The number of hydrogen-bond donors (Lipinski definition) is 2. The minimum Gasteiger partial charge on any atom is -0.341 e. The van der Waals surface area contributed by atoms with E-state index in [1.54, 1.807) is 24.3 Å². The minimum absolute atomic E-state index is 0.0621. The van der Waals surface area contributed by atoms with E-state index in [4.69, 9.17) is 0 Å². The third kappa shape index (κ3) is 3.31. The van der Waals surface area contributed by atoms with Gasteiger partial charge in [0.15, 0.2) is 0 Å². The zero-order valence-corrected chi connectivity index (χ0v) is 17.1. The van der Waals surface area contributed by atoms with E-state index in [1.807, 2.05) is 12.1 Å². The first-order valence-electron chi connectivity index (χ1n) is 9.61. The van der Waals surface area contributed by atoms with E-state index in [9.17, 15) is 22.8 Å². The van der Waals surface area contributed by atoms with Gasteiger partial charge in [-0.05, 0) is 47.4 Å². The number of benzene rings is 3. The van der Waals surface area contributed by atoms with Crippen LogP contribution >= 0.6 is 11.5 Å². The quantitative estimate of drug-likeness (QED) is 0.431. The molecule has 0 spiro atoms. The van der Waals surface area contributed by atoms with Crippen LogP contribution in [0, 0.1) is 5.82 Å². The predicted molar refractivity (Wildman–Crippen MR) is 115 cm³/mol. The largest absolute Gasteiger partial charge is 0.341 e. The first-order valence-corrected chi connectivity index (χ1v) is 10.4. The molecule has 3 aromatic carbocycles. The second-order valence-electron chi connectivity index (χ2n) is 7.23. The molecule has 1 unspecified atom stereocenters. The number of alkyl halides is 2. The predicted octanol–water partition coefficient (Wildman–Crippen LogP) is 5.46. The van der Waals surface area contributed by atoms with Crippen molar-refractivity contribution in [3.63, 3.8) is 0 Å². The van der Waals surface area contributed by atoms with E-state index >= 15 is 0 Å². The number of halogens is 3. The molecule has 32 heavy (non-hydrogen) atoms. The summed E-state index contributed by atoms with van der Waals surface area (Å²) >= 11 is 1.18. The summed E-state index contributed by atoms with van der Waals surface area (Å²) in [6, 6.07) is 13.8. The van der Waals surface area contributed by atoms with Gasteiger partial charge in [-0.1, -0.05) is 30.3 Å². The van der Waals surface area contributed by atoms with Gasteiger partial charge >= 0.3 is 0 Å². The van der Waals surface area contributed by atoms with Crippen LogP contribution < -0.4 is 10.6 Å². The van der Waals surface area contributed by atoms with Gasteiger partial charge in [0.05, 0.1) is 10.7 Å². The number of nitrogens with one attached hydrogen (secondary N) is 2. The van der Waals surface area contributed by atoms with Gasteiger partial charge in [-0.3, -0.25) is 9.59 Å². The second kappa shape index (κ2) is 7.76. The molecule has 2 amide bonds. The summed E-state index contributed by atoms with van der Waals surface area (Å²) in [5, 5.41) is 6.06. The number of hydrogen-bond acceptors (Lipinski definition) is 4. The molecule has 1 aliphatic rings. The Kier molecular flexibility index (Phi) is 4.90. The fourth-order valence-corrected chi connectivity index (χ4v) is 4.70. The molecule has 1 atom stereocenters. The van der Waals surface area contributed by atoms with Crippen LogP contribution in [0.1, 0.15) is 50.0 Å². The fourth-order valence-electron chi connectivity index (χ4n) is 3.92. The first-order chi connectivity index (χ1) is 15.4. The summed E-state index contributed by atoms with van der Waals surface area (Å²) in [4.78, 5) is 25.5. The highest BCUT2D eigenvalue weighted by molar-refractivity contribution is 7.13. The van der Waals surface area contributed by atoms with Crippen LogP contribution in [0.3, 0.4) is 0 Å². The summed E-state index contributed by atoms with van der Waals surface area (Å²) in [5.41, 5.74) is 0.552. The van der Waals surface area contributed by atoms with Crippen molar-refractivity contribution in [2.75, 3.05) is 5.32 Å². The highest BCUT2D eigenvalue weighted by Crippen LogP contribution is 2.40. The summed E-state index contributed by atoms with van der Waals surface area (Å²) in [5.74, 6) is -1.70. The van der Waals surface area contributed by atoms with Gasteiger partial charge in [0.2, 0.25) is 0 Å². The third-order valence-electron chi connectivity index (χ3n) is 5.35. The van der Waals surface area contributed by atoms with Gasteiger partial charge in [-0.25, -0.2) is 13.2 Å². The highest BCUT2D eigenvalue weighted by atomic mass is 32.1. The summed E-state index contributed by atoms with van der Waals surface area (Å²) < 4.78 is 46.2. The van der Waals surface area contributed by atoms with Crippen LogP contribution in [0.5, 0.6) is 0 Å². The van der Waals surface area contributed by atoms with Gasteiger partial charge in [0.1, 0.15) is 11.5 Å². The Morgan fingerprint density at radius 3 is 2.72 bits per heavy atom. The van der Waals surface area contributed by atoms with E-state index in [1.165, 1.54) is 17.6 Å². The van der Waals surface area contributed by atoms with Crippen LogP contribution in [-0.4, -0.2) is 16.2 Å². The van der Waals surface area contributed by atoms with Crippen molar-refractivity contribution in [3.05, 3.63) is 94.4 Å². The molecule has 5 rings (SSSR count). The summed E-state index contributed by atoms with van der Waals surface area (Å²) in [6.45, 7) is 0. The smallest absolute Gasteiger partial charge is 0.276 e.